The van der Waals surface area contributed by atoms with Crippen molar-refractivity contribution in [2.75, 3.05) is 0 Å². The Hall–Kier alpha value is -2.26. The molecule has 0 saturated heterocycles. The number of aliphatic hydroxyl groups is 4. The maximum absolute atomic E-state index is 13.2. The van der Waals surface area contributed by atoms with Crippen molar-refractivity contribution >= 4 is 11.8 Å². The van der Waals surface area contributed by atoms with Gasteiger partial charge in [0.05, 0.1) is 17.1 Å². The second-order valence-electron chi connectivity index (χ2n) is 11.9. The molecule has 1 aromatic carbocycles. The minimum Gasteiger partial charge on any atom is -0.508 e. The molecule has 0 bridgehead atoms. The van der Waals surface area contributed by atoms with Gasteiger partial charge in [0.1, 0.15) is 28.7 Å². The van der Waals surface area contributed by atoms with E-state index in [1.54, 1.807) is 6.92 Å². The Morgan fingerprint density at radius 1 is 1.03 bits per heavy atom. The third-order valence-electron chi connectivity index (χ3n) is 10.5. The molecule has 0 unspecified atom stereocenters. The Kier molecular flexibility index (Phi) is 5.55. The second-order valence-corrected chi connectivity index (χ2v) is 11.9. The zero-order chi connectivity index (χ0) is 26.3. The van der Waals surface area contributed by atoms with Crippen molar-refractivity contribution in [3.05, 3.63) is 41.5 Å². The van der Waals surface area contributed by atoms with E-state index < -0.39 is 57.5 Å². The number of carbonyl (C=O) groups is 2. The van der Waals surface area contributed by atoms with Crippen LogP contribution in [-0.2, 0) is 9.53 Å². The predicted molar refractivity (Wildman–Crippen MR) is 129 cm³/mol. The summed E-state index contributed by atoms with van der Waals surface area (Å²) in [6, 6.07) is 5.57. The molecule has 36 heavy (non-hydrogen) atoms. The van der Waals surface area contributed by atoms with E-state index in [1.807, 2.05) is 13.0 Å². The average molecular weight is 501 g/mol. The topological polar surface area (TPSA) is 145 Å². The highest BCUT2D eigenvalue weighted by Gasteiger charge is 2.81. The molecule has 0 amide bonds. The number of fused-ring (bicyclic) bond motifs is 5. The normalized spacial score (nSPS) is 45.6. The average Bonchev–Trinajstić information content (AvgIpc) is 3.06. The Balaban J connectivity index is 1.64. The highest BCUT2D eigenvalue weighted by atomic mass is 16.5. The minimum atomic E-state index is -2.00. The quantitative estimate of drug-likeness (QED) is 0.314. The summed E-state index contributed by atoms with van der Waals surface area (Å²) in [6.07, 6.45) is 2.15. The number of phenolic OH excluding ortho intramolecular Hbond substituents is 1. The first-order chi connectivity index (χ1) is 16.7. The largest absolute Gasteiger partial charge is 0.508 e. The van der Waals surface area contributed by atoms with Crippen LogP contribution in [0, 0.1) is 16.7 Å². The van der Waals surface area contributed by atoms with Gasteiger partial charge in [0, 0.05) is 5.92 Å². The van der Waals surface area contributed by atoms with Gasteiger partial charge in [-0.25, -0.2) is 4.79 Å². The summed E-state index contributed by atoms with van der Waals surface area (Å²) >= 11 is 0. The zero-order valence-corrected chi connectivity index (χ0v) is 21.0. The van der Waals surface area contributed by atoms with E-state index in [-0.39, 0.29) is 37.0 Å². The van der Waals surface area contributed by atoms with Crippen LogP contribution in [0.3, 0.4) is 0 Å². The minimum absolute atomic E-state index is 0.00806. The van der Waals surface area contributed by atoms with Gasteiger partial charge in [-0.3, -0.25) is 4.79 Å². The van der Waals surface area contributed by atoms with Gasteiger partial charge in [0.15, 0.2) is 5.78 Å². The molecule has 0 heterocycles. The highest BCUT2D eigenvalue weighted by molar-refractivity contribution is 5.90. The molecule has 4 aliphatic carbocycles. The first-order valence-electron chi connectivity index (χ1n) is 12.8. The summed E-state index contributed by atoms with van der Waals surface area (Å²) in [5, 5.41) is 56.3. The molecule has 5 rings (SSSR count). The number of carbonyl (C=O) groups excluding carboxylic acids is 2. The first kappa shape index (κ1) is 25.4. The number of esters is 1. The Bertz CT molecular complexity index is 1130. The maximum Gasteiger partial charge on any atom is 0.338 e. The molecule has 8 atom stereocenters. The summed E-state index contributed by atoms with van der Waals surface area (Å²) in [6.45, 7) is 4.84. The lowest BCUT2D eigenvalue weighted by molar-refractivity contribution is -0.312. The molecule has 0 spiro atoms. The number of benzene rings is 1. The summed E-state index contributed by atoms with van der Waals surface area (Å²) < 4.78 is 6.01. The molecular formula is C28H36O8. The molecule has 3 saturated carbocycles. The highest BCUT2D eigenvalue weighted by Crippen LogP contribution is 2.70. The van der Waals surface area contributed by atoms with Gasteiger partial charge < -0.3 is 30.3 Å². The molecule has 0 radical (unpaired) electrons. The van der Waals surface area contributed by atoms with Crippen LogP contribution in [0.25, 0.3) is 0 Å². The van der Waals surface area contributed by atoms with Crippen molar-refractivity contribution in [3.8, 4) is 5.75 Å². The SMILES string of the molecule is CC(=O)[C@]1(O)CC[C@@]2(O)[C@@]1(C)[C@H](OC(=O)c1ccc(O)cc1)C[C@H]1[C@@]3(C)CC[C@H](O)CC3=CC[C@@]12O. The number of ketones is 1. The lowest BCUT2D eigenvalue weighted by atomic mass is 9.42. The van der Waals surface area contributed by atoms with E-state index in [0.717, 1.165) is 5.57 Å². The number of rotatable bonds is 3. The van der Waals surface area contributed by atoms with Gasteiger partial charge in [-0.05, 0) is 88.5 Å². The fourth-order valence-corrected chi connectivity index (χ4v) is 8.17. The molecule has 8 heteroatoms. The number of Topliss-reactive ketones (excluding diaryl/α,β-unsaturated/α-hetero) is 1. The molecule has 196 valence electrons. The smallest absolute Gasteiger partial charge is 0.338 e. The third kappa shape index (κ3) is 3.01. The van der Waals surface area contributed by atoms with Crippen molar-refractivity contribution in [3.63, 3.8) is 0 Å². The molecule has 5 N–H and O–H groups in total. The van der Waals surface area contributed by atoms with E-state index in [4.69, 9.17) is 4.74 Å². The lowest BCUT2D eigenvalue weighted by Crippen LogP contribution is -2.78. The van der Waals surface area contributed by atoms with Crippen molar-refractivity contribution in [1.82, 2.24) is 0 Å². The van der Waals surface area contributed by atoms with Gasteiger partial charge in [0.25, 0.3) is 0 Å². The molecule has 3 fully saturated rings. The van der Waals surface area contributed by atoms with Gasteiger partial charge in [-0.1, -0.05) is 18.6 Å². The number of hydrogen-bond donors (Lipinski definition) is 5. The summed E-state index contributed by atoms with van der Waals surface area (Å²) in [4.78, 5) is 26.1. The van der Waals surface area contributed by atoms with Crippen LogP contribution in [0.5, 0.6) is 5.75 Å². The Labute approximate surface area is 210 Å². The Morgan fingerprint density at radius 3 is 2.33 bits per heavy atom. The second kappa shape index (κ2) is 7.87. The molecule has 1 aromatic rings. The van der Waals surface area contributed by atoms with Crippen LogP contribution < -0.4 is 0 Å². The lowest BCUT2D eigenvalue weighted by Gasteiger charge is -2.67. The van der Waals surface area contributed by atoms with Crippen LogP contribution >= 0.6 is 0 Å². The van der Waals surface area contributed by atoms with Gasteiger partial charge in [-0.15, -0.1) is 0 Å². The number of ether oxygens (including phenoxy) is 1. The van der Waals surface area contributed by atoms with Crippen molar-refractivity contribution in [1.29, 1.82) is 0 Å². The van der Waals surface area contributed by atoms with Crippen LogP contribution in [-0.4, -0.2) is 66.3 Å². The third-order valence-corrected chi connectivity index (χ3v) is 10.5. The van der Waals surface area contributed by atoms with Crippen molar-refractivity contribution in [2.45, 2.75) is 94.7 Å². The molecule has 0 aromatic heterocycles. The standard InChI is InChI=1S/C28H36O8/c1-16(29)26(33)12-13-28(35)25(26,3)22(36-23(32)17-4-6-19(30)7-5-17)15-21-24(2)10-9-20(31)14-18(24)8-11-27(21,28)34/h4-8,20-22,30-31,33-35H,9-15H2,1-3H3/t20-,21-,22+,24-,25-,26+,27+,28+/m0/s1. The molecule has 8 nitrogen and oxygen atoms in total. The molecular weight excluding hydrogens is 464 g/mol. The maximum atomic E-state index is 13.2. The van der Waals surface area contributed by atoms with Gasteiger partial charge in [0.2, 0.25) is 0 Å². The number of aliphatic hydroxyl groups excluding tert-OH is 1. The molecule has 4 aliphatic rings. The zero-order valence-electron chi connectivity index (χ0n) is 21.0. The first-order valence-corrected chi connectivity index (χ1v) is 12.8. The van der Waals surface area contributed by atoms with E-state index in [2.05, 4.69) is 0 Å². The van der Waals surface area contributed by atoms with E-state index in [1.165, 1.54) is 31.2 Å². The van der Waals surface area contributed by atoms with Crippen molar-refractivity contribution < 1.29 is 39.9 Å². The fourth-order valence-electron chi connectivity index (χ4n) is 8.17. The van der Waals surface area contributed by atoms with Crippen LogP contribution in [0.15, 0.2) is 35.9 Å². The van der Waals surface area contributed by atoms with Gasteiger partial charge in [-0.2, -0.15) is 0 Å². The van der Waals surface area contributed by atoms with E-state index in [9.17, 15) is 35.1 Å². The molecule has 0 aliphatic heterocycles. The predicted octanol–water partition coefficient (Wildman–Crippen LogP) is 2.40. The summed E-state index contributed by atoms with van der Waals surface area (Å²) in [7, 11) is 0. The van der Waals surface area contributed by atoms with Crippen LogP contribution in [0.1, 0.15) is 76.1 Å². The number of aromatic hydroxyl groups is 1. The summed E-state index contributed by atoms with van der Waals surface area (Å²) in [5.41, 5.74) is -6.60. The van der Waals surface area contributed by atoms with Crippen LogP contribution in [0.2, 0.25) is 0 Å². The van der Waals surface area contributed by atoms with Crippen LogP contribution in [0.4, 0.5) is 0 Å². The van der Waals surface area contributed by atoms with E-state index in [0.29, 0.717) is 19.3 Å². The number of hydrogen-bond acceptors (Lipinski definition) is 8. The van der Waals surface area contributed by atoms with E-state index >= 15 is 0 Å². The Morgan fingerprint density at radius 2 is 1.69 bits per heavy atom. The van der Waals surface area contributed by atoms with Gasteiger partial charge >= 0.3 is 5.97 Å². The monoisotopic (exact) mass is 500 g/mol. The fraction of sp³-hybridized carbons (Fsp3) is 0.643. The van der Waals surface area contributed by atoms with Crippen molar-refractivity contribution in [2.24, 2.45) is 16.7 Å². The number of phenols is 1. The summed E-state index contributed by atoms with van der Waals surface area (Å²) in [5.74, 6) is -1.79.